The zero-order valence-electron chi connectivity index (χ0n) is 13.3. The Balaban J connectivity index is 2.40. The molecule has 0 fully saturated rings. The number of carbonyl (C=O) groups is 1. The largest absolute Gasteiger partial charge is 0.493 e. The van der Waals surface area contributed by atoms with Gasteiger partial charge in [-0.2, -0.15) is 0 Å². The molecule has 0 aromatic heterocycles. The number of methoxy groups -OCH3 is 2. The number of ether oxygens (including phenoxy) is 2. The van der Waals surface area contributed by atoms with E-state index < -0.39 is 22.3 Å². The molecule has 2 rings (SSSR count). The highest BCUT2D eigenvalue weighted by molar-refractivity contribution is 6.07. The molecule has 2 aromatic rings. The Morgan fingerprint density at radius 3 is 2.28 bits per heavy atom. The lowest BCUT2D eigenvalue weighted by Crippen LogP contribution is -1.98. The minimum Gasteiger partial charge on any atom is -0.493 e. The van der Waals surface area contributed by atoms with Gasteiger partial charge in [0.15, 0.2) is 28.9 Å². The summed E-state index contributed by atoms with van der Waals surface area (Å²) in [7, 11) is 2.70. The van der Waals surface area contributed by atoms with Crippen molar-refractivity contribution in [3.63, 3.8) is 0 Å². The summed E-state index contributed by atoms with van der Waals surface area (Å²) in [5.41, 5.74) is -0.288. The first kappa shape index (κ1) is 18.1. The standard InChI is InChI=1S/C17H13F2NO5/c1-24-16-8-10(14(20(22)23)9-17(16)25-2)4-6-15(21)11-3-5-12(18)13(19)7-11/h3-9H,1-2H3/b6-4+. The van der Waals surface area contributed by atoms with Crippen LogP contribution in [-0.4, -0.2) is 24.9 Å². The molecular weight excluding hydrogens is 336 g/mol. The van der Waals surface area contributed by atoms with E-state index in [0.717, 1.165) is 24.3 Å². The number of nitro groups is 1. The van der Waals surface area contributed by atoms with E-state index in [2.05, 4.69) is 0 Å². The van der Waals surface area contributed by atoms with Crippen molar-refractivity contribution in [1.82, 2.24) is 0 Å². The van der Waals surface area contributed by atoms with Crippen molar-refractivity contribution in [3.05, 3.63) is 69.3 Å². The monoisotopic (exact) mass is 349 g/mol. The Morgan fingerprint density at radius 1 is 1.08 bits per heavy atom. The number of carbonyl (C=O) groups excluding carboxylic acids is 1. The number of hydrogen-bond donors (Lipinski definition) is 0. The van der Waals surface area contributed by atoms with E-state index in [1.54, 1.807) is 0 Å². The van der Waals surface area contributed by atoms with Gasteiger partial charge in [0.1, 0.15) is 0 Å². The van der Waals surface area contributed by atoms with E-state index in [4.69, 9.17) is 9.47 Å². The van der Waals surface area contributed by atoms with E-state index >= 15 is 0 Å². The van der Waals surface area contributed by atoms with Crippen LogP contribution in [0.1, 0.15) is 15.9 Å². The highest BCUT2D eigenvalue weighted by Crippen LogP contribution is 2.35. The summed E-state index contributed by atoms with van der Waals surface area (Å²) in [5, 5.41) is 11.2. The van der Waals surface area contributed by atoms with E-state index in [9.17, 15) is 23.7 Å². The molecule has 0 aliphatic carbocycles. The second kappa shape index (κ2) is 7.52. The number of hydrogen-bond acceptors (Lipinski definition) is 5. The maximum absolute atomic E-state index is 13.2. The van der Waals surface area contributed by atoms with Crippen LogP contribution in [0.25, 0.3) is 6.08 Å². The second-order valence-corrected chi connectivity index (χ2v) is 4.85. The first-order chi connectivity index (χ1) is 11.9. The molecule has 0 atom stereocenters. The van der Waals surface area contributed by atoms with Crippen LogP contribution in [0, 0.1) is 21.7 Å². The minimum atomic E-state index is -1.16. The van der Waals surface area contributed by atoms with Crippen molar-refractivity contribution in [3.8, 4) is 11.5 Å². The molecule has 130 valence electrons. The van der Waals surface area contributed by atoms with Gasteiger partial charge in [0.25, 0.3) is 5.69 Å². The molecule has 0 amide bonds. The first-order valence-electron chi connectivity index (χ1n) is 6.95. The van der Waals surface area contributed by atoms with Gasteiger partial charge in [0, 0.05) is 5.56 Å². The molecule has 2 aromatic carbocycles. The zero-order chi connectivity index (χ0) is 18.6. The third kappa shape index (κ3) is 3.97. The van der Waals surface area contributed by atoms with E-state index in [0.29, 0.717) is 0 Å². The van der Waals surface area contributed by atoms with E-state index in [1.807, 2.05) is 0 Å². The predicted octanol–water partition coefficient (Wildman–Crippen LogP) is 3.79. The lowest BCUT2D eigenvalue weighted by atomic mass is 10.1. The first-order valence-corrected chi connectivity index (χ1v) is 6.95. The van der Waals surface area contributed by atoms with Gasteiger partial charge in [0.05, 0.1) is 30.8 Å². The lowest BCUT2D eigenvalue weighted by molar-refractivity contribution is -0.385. The van der Waals surface area contributed by atoms with Crippen LogP contribution < -0.4 is 9.47 Å². The van der Waals surface area contributed by atoms with Gasteiger partial charge >= 0.3 is 0 Å². The molecule has 25 heavy (non-hydrogen) atoms. The number of allylic oxidation sites excluding steroid dienone is 1. The van der Waals surface area contributed by atoms with E-state index in [1.165, 1.54) is 32.4 Å². The molecule has 0 N–H and O–H groups in total. The Morgan fingerprint density at radius 2 is 1.72 bits per heavy atom. The SMILES string of the molecule is COc1cc(/C=C/C(=O)c2ccc(F)c(F)c2)c([N+](=O)[O-])cc1OC. The molecule has 0 aliphatic rings. The number of halogens is 2. The average molecular weight is 349 g/mol. The van der Waals surface area contributed by atoms with Crippen molar-refractivity contribution in [1.29, 1.82) is 0 Å². The van der Waals surface area contributed by atoms with E-state index in [-0.39, 0.29) is 28.3 Å². The molecule has 0 spiro atoms. The molecular formula is C17H13F2NO5. The Bertz CT molecular complexity index is 864. The highest BCUT2D eigenvalue weighted by atomic mass is 19.2. The van der Waals surface area contributed by atoms with Gasteiger partial charge in [-0.15, -0.1) is 0 Å². The summed E-state index contributed by atoms with van der Waals surface area (Å²) in [6.45, 7) is 0. The maximum atomic E-state index is 13.2. The molecule has 0 saturated carbocycles. The molecule has 8 heteroatoms. The normalized spacial score (nSPS) is 10.7. The minimum absolute atomic E-state index is 0.0849. The van der Waals surface area contributed by atoms with Crippen molar-refractivity contribution < 1.29 is 28.0 Å². The molecule has 6 nitrogen and oxygen atoms in total. The van der Waals surface area contributed by atoms with Crippen molar-refractivity contribution >= 4 is 17.5 Å². The Hall–Kier alpha value is -3.29. The fraction of sp³-hybridized carbons (Fsp3) is 0.118. The number of rotatable bonds is 6. The van der Waals surface area contributed by atoms with Crippen molar-refractivity contribution in [2.75, 3.05) is 14.2 Å². The predicted molar refractivity (Wildman–Crippen MR) is 85.9 cm³/mol. The van der Waals surface area contributed by atoms with Crippen LogP contribution in [0.3, 0.4) is 0 Å². The molecule has 0 heterocycles. The third-order valence-electron chi connectivity index (χ3n) is 3.35. The highest BCUT2D eigenvalue weighted by Gasteiger charge is 2.18. The van der Waals surface area contributed by atoms with Gasteiger partial charge < -0.3 is 9.47 Å². The van der Waals surface area contributed by atoms with Gasteiger partial charge in [-0.3, -0.25) is 14.9 Å². The summed E-state index contributed by atoms with van der Waals surface area (Å²) in [6, 6.07) is 5.21. The number of ketones is 1. The quantitative estimate of drug-likeness (QED) is 0.343. The van der Waals surface area contributed by atoms with Crippen molar-refractivity contribution in [2.24, 2.45) is 0 Å². The summed E-state index contributed by atoms with van der Waals surface area (Å²) in [4.78, 5) is 22.6. The lowest BCUT2D eigenvalue weighted by Gasteiger charge is -2.08. The molecule has 0 saturated heterocycles. The van der Waals surface area contributed by atoms with Crippen LogP contribution in [-0.2, 0) is 0 Å². The van der Waals surface area contributed by atoms with Gasteiger partial charge in [-0.05, 0) is 36.4 Å². The fourth-order valence-electron chi connectivity index (χ4n) is 2.09. The Kier molecular flexibility index (Phi) is 5.43. The molecule has 0 bridgehead atoms. The number of nitro benzene ring substituents is 1. The third-order valence-corrected chi connectivity index (χ3v) is 3.35. The number of nitrogens with zero attached hydrogens (tertiary/aromatic N) is 1. The van der Waals surface area contributed by atoms with Crippen LogP contribution in [0.4, 0.5) is 14.5 Å². The van der Waals surface area contributed by atoms with Crippen molar-refractivity contribution in [2.45, 2.75) is 0 Å². The summed E-state index contributed by atoms with van der Waals surface area (Å²) in [5.74, 6) is -2.46. The van der Waals surface area contributed by atoms with Gasteiger partial charge in [-0.1, -0.05) is 0 Å². The summed E-state index contributed by atoms with van der Waals surface area (Å²) < 4.78 is 36.2. The smallest absolute Gasteiger partial charge is 0.280 e. The zero-order valence-corrected chi connectivity index (χ0v) is 13.3. The fourth-order valence-corrected chi connectivity index (χ4v) is 2.09. The topological polar surface area (TPSA) is 78.7 Å². The van der Waals surface area contributed by atoms with Gasteiger partial charge in [-0.25, -0.2) is 8.78 Å². The van der Waals surface area contributed by atoms with Crippen LogP contribution >= 0.6 is 0 Å². The molecule has 0 aliphatic heterocycles. The molecule has 0 radical (unpaired) electrons. The van der Waals surface area contributed by atoms with Crippen LogP contribution in [0.2, 0.25) is 0 Å². The summed E-state index contributed by atoms with van der Waals surface area (Å²) >= 11 is 0. The summed E-state index contributed by atoms with van der Waals surface area (Å²) in [6.07, 6.45) is 2.23. The van der Waals surface area contributed by atoms with Crippen LogP contribution in [0.5, 0.6) is 11.5 Å². The van der Waals surface area contributed by atoms with Crippen LogP contribution in [0.15, 0.2) is 36.4 Å². The maximum Gasteiger partial charge on any atom is 0.280 e. The Labute approximate surface area is 141 Å². The molecule has 0 unspecified atom stereocenters. The second-order valence-electron chi connectivity index (χ2n) is 4.85. The van der Waals surface area contributed by atoms with Gasteiger partial charge in [0.2, 0.25) is 0 Å². The average Bonchev–Trinajstić information content (AvgIpc) is 2.60. The number of benzene rings is 2.